The number of nitrogens with two attached hydrogens (primary N) is 1. The van der Waals surface area contributed by atoms with Gasteiger partial charge in [-0.05, 0) is 37.1 Å². The van der Waals surface area contributed by atoms with Gasteiger partial charge in [-0.15, -0.1) is 0 Å². The van der Waals surface area contributed by atoms with Crippen LogP contribution in [-0.4, -0.2) is 31.3 Å². The molecule has 1 aromatic carbocycles. The Kier molecular flexibility index (Phi) is 3.25. The van der Waals surface area contributed by atoms with Gasteiger partial charge in [0, 0.05) is 31.8 Å². The minimum Gasteiger partial charge on any atom is -0.396 e. The van der Waals surface area contributed by atoms with Crippen LogP contribution in [0.3, 0.4) is 0 Å². The van der Waals surface area contributed by atoms with Crippen molar-refractivity contribution >= 4 is 22.3 Å². The van der Waals surface area contributed by atoms with E-state index in [2.05, 4.69) is 16.0 Å². The average Bonchev–Trinajstić information content (AvgIpc) is 2.48. The fourth-order valence-electron chi connectivity index (χ4n) is 2.79. The Morgan fingerprint density at radius 1 is 1.37 bits per heavy atom. The molecule has 0 saturated carbocycles. The zero-order chi connectivity index (χ0) is 13.2. The van der Waals surface area contributed by atoms with Crippen LogP contribution in [0.25, 0.3) is 10.9 Å². The lowest BCUT2D eigenvalue weighted by Gasteiger charge is -2.34. The van der Waals surface area contributed by atoms with Gasteiger partial charge in [0.1, 0.15) is 0 Å². The number of rotatable bonds is 2. The number of nitrogens with zero attached hydrogens (tertiary/aromatic N) is 2. The maximum atomic E-state index is 6.31. The highest BCUT2D eigenvalue weighted by Gasteiger charge is 2.21. The van der Waals surface area contributed by atoms with E-state index in [1.807, 2.05) is 18.2 Å². The van der Waals surface area contributed by atoms with E-state index in [1.54, 1.807) is 13.3 Å². The summed E-state index contributed by atoms with van der Waals surface area (Å²) in [6.07, 6.45) is 4.37. The molecule has 1 aromatic heterocycles. The predicted octanol–water partition coefficient (Wildman–Crippen LogP) is 2.43. The molecule has 1 aliphatic rings. The first-order chi connectivity index (χ1) is 9.29. The molecule has 0 spiro atoms. The molecular formula is C15H19N3O. The Morgan fingerprint density at radius 3 is 3.11 bits per heavy atom. The van der Waals surface area contributed by atoms with Gasteiger partial charge in [-0.2, -0.15) is 0 Å². The highest BCUT2D eigenvalue weighted by Crippen LogP contribution is 2.32. The molecule has 2 heterocycles. The molecular weight excluding hydrogens is 238 g/mol. The predicted molar refractivity (Wildman–Crippen MR) is 78.4 cm³/mol. The molecule has 4 nitrogen and oxygen atoms in total. The Labute approximate surface area is 113 Å². The number of ether oxygens (including phenoxy) is 1. The van der Waals surface area contributed by atoms with Crippen molar-refractivity contribution in [2.45, 2.75) is 18.9 Å². The smallest absolute Gasteiger partial charge is 0.0746 e. The Bertz CT molecular complexity index is 585. The summed E-state index contributed by atoms with van der Waals surface area (Å²) in [6, 6.07) is 8.07. The van der Waals surface area contributed by atoms with Gasteiger partial charge in [-0.25, -0.2) is 0 Å². The SMILES string of the molecule is COC1CCCN(c2ccc3ncccc3c2N)C1. The van der Waals surface area contributed by atoms with Gasteiger partial charge >= 0.3 is 0 Å². The summed E-state index contributed by atoms with van der Waals surface area (Å²) in [5.74, 6) is 0. The fourth-order valence-corrected chi connectivity index (χ4v) is 2.79. The Morgan fingerprint density at radius 2 is 2.26 bits per heavy atom. The lowest BCUT2D eigenvalue weighted by atomic mass is 10.1. The number of aromatic nitrogens is 1. The quantitative estimate of drug-likeness (QED) is 0.839. The molecule has 0 amide bonds. The number of methoxy groups -OCH3 is 1. The minimum absolute atomic E-state index is 0.303. The van der Waals surface area contributed by atoms with E-state index >= 15 is 0 Å². The van der Waals surface area contributed by atoms with Gasteiger partial charge in [-0.1, -0.05) is 0 Å². The third-order valence-corrected chi connectivity index (χ3v) is 3.86. The summed E-state index contributed by atoms with van der Waals surface area (Å²) in [5, 5.41) is 1.03. The van der Waals surface area contributed by atoms with E-state index in [0.29, 0.717) is 6.10 Å². The molecule has 0 aliphatic carbocycles. The third kappa shape index (κ3) is 2.24. The van der Waals surface area contributed by atoms with Crippen LogP contribution in [0.2, 0.25) is 0 Å². The number of nitrogen functional groups attached to an aromatic ring is 1. The number of benzene rings is 1. The summed E-state index contributed by atoms with van der Waals surface area (Å²) in [4.78, 5) is 6.66. The molecule has 0 radical (unpaired) electrons. The molecule has 1 aliphatic heterocycles. The van der Waals surface area contributed by atoms with Crippen LogP contribution in [0, 0.1) is 0 Å². The van der Waals surface area contributed by atoms with E-state index < -0.39 is 0 Å². The fraction of sp³-hybridized carbons (Fsp3) is 0.400. The molecule has 2 aromatic rings. The first kappa shape index (κ1) is 12.2. The number of pyridine rings is 1. The van der Waals surface area contributed by atoms with E-state index in [1.165, 1.54) is 0 Å². The molecule has 3 rings (SSSR count). The standard InChI is InChI=1S/C15H19N3O/c1-19-11-4-3-9-18(10-11)14-7-6-13-12(15(14)16)5-2-8-17-13/h2,5-8,11H,3-4,9-10,16H2,1H3. The zero-order valence-corrected chi connectivity index (χ0v) is 11.2. The molecule has 19 heavy (non-hydrogen) atoms. The van der Waals surface area contributed by atoms with Crippen molar-refractivity contribution in [1.82, 2.24) is 4.98 Å². The van der Waals surface area contributed by atoms with E-state index in [-0.39, 0.29) is 0 Å². The van der Waals surface area contributed by atoms with Crippen molar-refractivity contribution in [2.24, 2.45) is 0 Å². The molecule has 1 fully saturated rings. The Balaban J connectivity index is 1.98. The second kappa shape index (κ2) is 5.05. The van der Waals surface area contributed by atoms with Crippen molar-refractivity contribution in [3.05, 3.63) is 30.5 Å². The van der Waals surface area contributed by atoms with Crippen LogP contribution in [-0.2, 0) is 4.74 Å². The lowest BCUT2D eigenvalue weighted by Crippen LogP contribution is -2.39. The normalized spacial score (nSPS) is 19.8. The number of hydrogen-bond acceptors (Lipinski definition) is 4. The largest absolute Gasteiger partial charge is 0.396 e. The van der Waals surface area contributed by atoms with Crippen LogP contribution in [0.15, 0.2) is 30.5 Å². The monoisotopic (exact) mass is 257 g/mol. The molecule has 100 valence electrons. The van der Waals surface area contributed by atoms with Gasteiger partial charge in [0.15, 0.2) is 0 Å². The molecule has 1 saturated heterocycles. The molecule has 1 atom stereocenters. The average molecular weight is 257 g/mol. The highest BCUT2D eigenvalue weighted by molar-refractivity contribution is 5.97. The summed E-state index contributed by atoms with van der Waals surface area (Å²) in [6.45, 7) is 1.95. The maximum absolute atomic E-state index is 6.31. The lowest BCUT2D eigenvalue weighted by molar-refractivity contribution is 0.0894. The third-order valence-electron chi connectivity index (χ3n) is 3.86. The van der Waals surface area contributed by atoms with Gasteiger partial charge < -0.3 is 15.4 Å². The van der Waals surface area contributed by atoms with Crippen LogP contribution in [0.1, 0.15) is 12.8 Å². The number of piperidine rings is 1. The highest BCUT2D eigenvalue weighted by atomic mass is 16.5. The van der Waals surface area contributed by atoms with E-state index in [0.717, 1.165) is 48.2 Å². The summed E-state index contributed by atoms with van der Waals surface area (Å²) >= 11 is 0. The van der Waals surface area contributed by atoms with Crippen molar-refractivity contribution in [3.63, 3.8) is 0 Å². The first-order valence-corrected chi connectivity index (χ1v) is 6.70. The van der Waals surface area contributed by atoms with E-state index in [4.69, 9.17) is 10.5 Å². The minimum atomic E-state index is 0.303. The second-order valence-corrected chi connectivity index (χ2v) is 5.01. The van der Waals surface area contributed by atoms with E-state index in [9.17, 15) is 0 Å². The van der Waals surface area contributed by atoms with Crippen LogP contribution in [0.5, 0.6) is 0 Å². The van der Waals surface area contributed by atoms with Crippen LogP contribution in [0.4, 0.5) is 11.4 Å². The molecule has 0 bridgehead atoms. The zero-order valence-electron chi connectivity index (χ0n) is 11.2. The summed E-state index contributed by atoms with van der Waals surface area (Å²) in [7, 11) is 1.78. The number of fused-ring (bicyclic) bond motifs is 1. The topological polar surface area (TPSA) is 51.4 Å². The van der Waals surface area contributed by atoms with Crippen LogP contribution < -0.4 is 10.6 Å². The van der Waals surface area contributed by atoms with Crippen molar-refractivity contribution in [2.75, 3.05) is 30.8 Å². The number of anilines is 2. The summed E-state index contributed by atoms with van der Waals surface area (Å²) in [5.41, 5.74) is 9.18. The second-order valence-electron chi connectivity index (χ2n) is 5.01. The van der Waals surface area contributed by atoms with Crippen molar-refractivity contribution in [3.8, 4) is 0 Å². The number of hydrogen-bond donors (Lipinski definition) is 1. The Hall–Kier alpha value is -1.81. The van der Waals surface area contributed by atoms with Crippen molar-refractivity contribution < 1.29 is 4.74 Å². The van der Waals surface area contributed by atoms with Gasteiger partial charge in [0.25, 0.3) is 0 Å². The van der Waals surface area contributed by atoms with Gasteiger partial charge in [-0.3, -0.25) is 4.98 Å². The first-order valence-electron chi connectivity index (χ1n) is 6.70. The molecule has 2 N–H and O–H groups in total. The van der Waals surface area contributed by atoms with Gasteiger partial charge in [0.2, 0.25) is 0 Å². The molecule has 4 heteroatoms. The summed E-state index contributed by atoms with van der Waals surface area (Å²) < 4.78 is 5.48. The maximum Gasteiger partial charge on any atom is 0.0746 e. The van der Waals surface area contributed by atoms with Gasteiger partial charge in [0.05, 0.1) is 23.0 Å². The van der Waals surface area contributed by atoms with Crippen LogP contribution >= 0.6 is 0 Å². The van der Waals surface area contributed by atoms with Crippen molar-refractivity contribution in [1.29, 1.82) is 0 Å². The molecule has 1 unspecified atom stereocenters.